The van der Waals surface area contributed by atoms with E-state index in [9.17, 15) is 13.2 Å². The van der Waals surface area contributed by atoms with Crippen LogP contribution in [-0.4, -0.2) is 39.3 Å². The van der Waals surface area contributed by atoms with Crippen LogP contribution in [0, 0.1) is 0 Å². The van der Waals surface area contributed by atoms with E-state index in [0.29, 0.717) is 11.4 Å². The Morgan fingerprint density at radius 2 is 2.10 bits per heavy atom. The van der Waals surface area contributed by atoms with Crippen LogP contribution in [-0.2, 0) is 14.8 Å². The molecule has 1 aromatic rings. The van der Waals surface area contributed by atoms with E-state index in [1.165, 1.54) is 0 Å². The summed E-state index contributed by atoms with van der Waals surface area (Å²) in [6.07, 6.45) is 0. The number of anilines is 1. The predicted octanol–water partition coefficient (Wildman–Crippen LogP) is 0.0916. The Labute approximate surface area is 124 Å². The molecule has 0 aliphatic rings. The number of amides is 1. The van der Waals surface area contributed by atoms with Gasteiger partial charge >= 0.3 is 0 Å². The van der Waals surface area contributed by atoms with Gasteiger partial charge in [0.05, 0.1) is 12.3 Å². The highest BCUT2D eigenvalue weighted by atomic mass is 32.2. The summed E-state index contributed by atoms with van der Waals surface area (Å²) in [6.45, 7) is 3.29. The summed E-state index contributed by atoms with van der Waals surface area (Å²) in [7, 11) is -3.56. The number of nitrogen functional groups attached to an aromatic ring is 1. The minimum Gasteiger partial charge on any atom is -0.492 e. The Morgan fingerprint density at radius 3 is 2.71 bits per heavy atom. The van der Waals surface area contributed by atoms with E-state index in [4.69, 9.17) is 10.5 Å². The standard InChI is InChI=1S/C13H21N3O4S/c1-10(2)16-13(17)9-15-21(18,19)7-6-20-12-5-3-4-11(14)8-12/h3-5,8,10,15H,6-7,9,14H2,1-2H3,(H,16,17). The zero-order valence-electron chi connectivity index (χ0n) is 12.1. The molecule has 1 aromatic carbocycles. The van der Waals surface area contributed by atoms with Gasteiger partial charge in [-0.15, -0.1) is 0 Å². The average molecular weight is 315 g/mol. The lowest BCUT2D eigenvalue weighted by Crippen LogP contribution is -2.41. The second-order valence-corrected chi connectivity index (χ2v) is 6.71. The first kappa shape index (κ1) is 17.3. The summed E-state index contributed by atoms with van der Waals surface area (Å²) >= 11 is 0. The molecule has 0 spiro atoms. The van der Waals surface area contributed by atoms with E-state index in [-0.39, 0.29) is 30.9 Å². The molecule has 0 fully saturated rings. The molecule has 0 radical (unpaired) electrons. The molecule has 0 aromatic heterocycles. The van der Waals surface area contributed by atoms with Gasteiger partial charge in [0, 0.05) is 17.8 Å². The lowest BCUT2D eigenvalue weighted by molar-refractivity contribution is -0.120. The fourth-order valence-corrected chi connectivity index (χ4v) is 2.29. The van der Waals surface area contributed by atoms with Crippen molar-refractivity contribution in [3.63, 3.8) is 0 Å². The third-order valence-corrected chi connectivity index (χ3v) is 3.67. The first-order valence-electron chi connectivity index (χ1n) is 6.53. The number of carbonyl (C=O) groups excluding carboxylic acids is 1. The van der Waals surface area contributed by atoms with E-state index in [1.54, 1.807) is 38.1 Å². The number of benzene rings is 1. The molecular weight excluding hydrogens is 294 g/mol. The van der Waals surface area contributed by atoms with Crippen molar-refractivity contribution in [1.29, 1.82) is 0 Å². The van der Waals surface area contributed by atoms with Crippen molar-refractivity contribution in [3.05, 3.63) is 24.3 Å². The number of carbonyl (C=O) groups is 1. The molecule has 0 aliphatic heterocycles. The summed E-state index contributed by atoms with van der Waals surface area (Å²) < 4.78 is 30.9. The van der Waals surface area contributed by atoms with Crippen LogP contribution in [0.1, 0.15) is 13.8 Å². The fourth-order valence-electron chi connectivity index (χ4n) is 1.49. The van der Waals surface area contributed by atoms with Gasteiger partial charge in [0.15, 0.2) is 0 Å². The van der Waals surface area contributed by atoms with Gasteiger partial charge in [-0.05, 0) is 26.0 Å². The smallest absolute Gasteiger partial charge is 0.235 e. The molecule has 0 atom stereocenters. The maximum atomic E-state index is 11.7. The van der Waals surface area contributed by atoms with Crippen molar-refractivity contribution in [2.45, 2.75) is 19.9 Å². The molecular formula is C13H21N3O4S. The Balaban J connectivity index is 2.34. The molecule has 118 valence electrons. The zero-order chi connectivity index (χ0) is 15.9. The SMILES string of the molecule is CC(C)NC(=O)CNS(=O)(=O)CCOc1cccc(N)c1. The molecule has 21 heavy (non-hydrogen) atoms. The number of ether oxygens (including phenoxy) is 1. The summed E-state index contributed by atoms with van der Waals surface area (Å²) in [5.41, 5.74) is 6.12. The Hall–Kier alpha value is -1.80. The quantitative estimate of drug-likeness (QED) is 0.589. The molecule has 0 heterocycles. The molecule has 1 amide bonds. The van der Waals surface area contributed by atoms with Gasteiger partial charge in [-0.25, -0.2) is 13.1 Å². The molecule has 0 aliphatic carbocycles. The van der Waals surface area contributed by atoms with E-state index >= 15 is 0 Å². The summed E-state index contributed by atoms with van der Waals surface area (Å²) in [4.78, 5) is 11.3. The summed E-state index contributed by atoms with van der Waals surface area (Å²) in [5, 5.41) is 2.59. The number of hydrogen-bond donors (Lipinski definition) is 3. The van der Waals surface area contributed by atoms with Gasteiger partial charge in [-0.3, -0.25) is 4.79 Å². The molecule has 0 bridgehead atoms. The first-order valence-corrected chi connectivity index (χ1v) is 8.19. The highest BCUT2D eigenvalue weighted by molar-refractivity contribution is 7.89. The van der Waals surface area contributed by atoms with Gasteiger partial charge in [0.1, 0.15) is 12.4 Å². The zero-order valence-corrected chi connectivity index (χ0v) is 12.9. The monoisotopic (exact) mass is 315 g/mol. The molecule has 4 N–H and O–H groups in total. The van der Waals surface area contributed by atoms with Crippen molar-refractivity contribution >= 4 is 21.6 Å². The van der Waals surface area contributed by atoms with E-state index < -0.39 is 10.0 Å². The number of hydrogen-bond acceptors (Lipinski definition) is 5. The van der Waals surface area contributed by atoms with Crippen LogP contribution in [0.2, 0.25) is 0 Å². The Kier molecular flexibility index (Phi) is 6.44. The maximum absolute atomic E-state index is 11.7. The third-order valence-electron chi connectivity index (χ3n) is 2.38. The Bertz CT molecular complexity index is 573. The van der Waals surface area contributed by atoms with Crippen LogP contribution in [0.5, 0.6) is 5.75 Å². The van der Waals surface area contributed by atoms with Crippen LogP contribution >= 0.6 is 0 Å². The van der Waals surface area contributed by atoms with Crippen LogP contribution in [0.25, 0.3) is 0 Å². The third kappa shape index (κ3) is 7.52. The number of rotatable bonds is 8. The topological polar surface area (TPSA) is 111 Å². The minimum atomic E-state index is -3.56. The molecule has 8 heteroatoms. The van der Waals surface area contributed by atoms with E-state index in [1.807, 2.05) is 0 Å². The van der Waals surface area contributed by atoms with Gasteiger partial charge in [0.2, 0.25) is 15.9 Å². The van der Waals surface area contributed by atoms with Crippen molar-refractivity contribution in [1.82, 2.24) is 10.0 Å². The van der Waals surface area contributed by atoms with Crippen LogP contribution in [0.4, 0.5) is 5.69 Å². The second-order valence-electron chi connectivity index (χ2n) is 4.78. The number of nitrogens with one attached hydrogen (secondary N) is 2. The lowest BCUT2D eigenvalue weighted by atomic mass is 10.3. The number of sulfonamides is 1. The molecule has 1 rings (SSSR count). The van der Waals surface area contributed by atoms with Crippen molar-refractivity contribution < 1.29 is 17.9 Å². The molecule has 0 saturated carbocycles. The van der Waals surface area contributed by atoms with Crippen LogP contribution in [0.3, 0.4) is 0 Å². The normalized spacial score (nSPS) is 11.4. The van der Waals surface area contributed by atoms with Gasteiger partial charge in [0.25, 0.3) is 0 Å². The number of nitrogens with two attached hydrogens (primary N) is 1. The molecule has 0 saturated heterocycles. The first-order chi connectivity index (χ1) is 9.78. The minimum absolute atomic E-state index is 0.0232. The largest absolute Gasteiger partial charge is 0.492 e. The van der Waals surface area contributed by atoms with E-state index in [0.717, 1.165) is 0 Å². The summed E-state index contributed by atoms with van der Waals surface area (Å²) in [5.74, 6) is -0.107. The Morgan fingerprint density at radius 1 is 1.38 bits per heavy atom. The predicted molar refractivity (Wildman–Crippen MR) is 81.4 cm³/mol. The van der Waals surface area contributed by atoms with Crippen molar-refractivity contribution in [2.24, 2.45) is 0 Å². The summed E-state index contributed by atoms with van der Waals surface area (Å²) in [6, 6.07) is 6.68. The second kappa shape index (κ2) is 7.84. The highest BCUT2D eigenvalue weighted by Crippen LogP contribution is 2.14. The highest BCUT2D eigenvalue weighted by Gasteiger charge is 2.13. The molecule has 7 nitrogen and oxygen atoms in total. The lowest BCUT2D eigenvalue weighted by Gasteiger charge is -2.10. The molecule has 0 unspecified atom stereocenters. The van der Waals surface area contributed by atoms with Gasteiger partial charge in [-0.1, -0.05) is 6.07 Å². The van der Waals surface area contributed by atoms with Crippen molar-refractivity contribution in [2.75, 3.05) is 24.6 Å². The van der Waals surface area contributed by atoms with E-state index in [2.05, 4.69) is 10.0 Å². The van der Waals surface area contributed by atoms with Crippen LogP contribution < -0.4 is 20.5 Å². The van der Waals surface area contributed by atoms with Crippen LogP contribution in [0.15, 0.2) is 24.3 Å². The fraction of sp³-hybridized carbons (Fsp3) is 0.462. The maximum Gasteiger partial charge on any atom is 0.235 e. The van der Waals surface area contributed by atoms with Crippen molar-refractivity contribution in [3.8, 4) is 5.75 Å². The van der Waals surface area contributed by atoms with Gasteiger partial charge < -0.3 is 15.8 Å². The van der Waals surface area contributed by atoms with Gasteiger partial charge in [-0.2, -0.15) is 0 Å². The average Bonchev–Trinajstić information content (AvgIpc) is 2.36.